The molecule has 1 aliphatic heterocycles. The first-order chi connectivity index (χ1) is 14.4. The highest BCUT2D eigenvalue weighted by Gasteiger charge is 2.55. The molecule has 5 saturated carbocycles. The first kappa shape index (κ1) is 19.0. The average molecular weight is 413 g/mol. The smallest absolute Gasteiger partial charge is 0.254 e. The van der Waals surface area contributed by atoms with Crippen molar-refractivity contribution in [2.45, 2.75) is 68.9 Å². The van der Waals surface area contributed by atoms with E-state index in [1.807, 2.05) is 0 Å². The molecule has 4 bridgehead atoms. The molecular weight excluding hydrogens is 380 g/mol. The highest BCUT2D eigenvalue weighted by atomic mass is 16.5. The van der Waals surface area contributed by atoms with Crippen molar-refractivity contribution in [3.05, 3.63) is 17.5 Å². The second-order valence-electron chi connectivity index (χ2n) is 10.8. The Kier molecular flexibility index (Phi) is 4.20. The Bertz CT molecular complexity index is 848. The van der Waals surface area contributed by atoms with Gasteiger partial charge in [0, 0.05) is 30.7 Å². The molecule has 1 aromatic rings. The molecule has 0 spiro atoms. The van der Waals surface area contributed by atoms with Crippen molar-refractivity contribution in [1.29, 1.82) is 0 Å². The Morgan fingerprint density at radius 2 is 1.90 bits per heavy atom. The van der Waals surface area contributed by atoms with Crippen molar-refractivity contribution in [3.8, 4) is 0 Å². The number of anilines is 1. The van der Waals surface area contributed by atoms with E-state index in [0.717, 1.165) is 69.7 Å². The van der Waals surface area contributed by atoms with Gasteiger partial charge in [-0.15, -0.1) is 0 Å². The number of carbonyl (C=O) groups excluding carboxylic acids is 1. The fourth-order valence-electron chi connectivity index (χ4n) is 6.78. The lowest BCUT2D eigenvalue weighted by Gasteiger charge is -2.58. The predicted octanol–water partition coefficient (Wildman–Crippen LogP) is 2.03. The minimum atomic E-state index is -0.479. The Morgan fingerprint density at radius 1 is 1.20 bits per heavy atom. The highest BCUT2D eigenvalue weighted by molar-refractivity contribution is 5.96. The molecule has 5 aliphatic carbocycles. The third kappa shape index (κ3) is 3.12. The maximum absolute atomic E-state index is 13.4. The van der Waals surface area contributed by atoms with Gasteiger partial charge in [-0.05, 0) is 62.7 Å². The Labute approximate surface area is 177 Å². The summed E-state index contributed by atoms with van der Waals surface area (Å²) in [6, 6.07) is 0.174. The van der Waals surface area contributed by atoms with Gasteiger partial charge in [0.05, 0.1) is 30.1 Å². The summed E-state index contributed by atoms with van der Waals surface area (Å²) in [6.45, 7) is 5.16. The summed E-state index contributed by atoms with van der Waals surface area (Å²) in [4.78, 5) is 25.0. The molecule has 7 heteroatoms. The van der Waals surface area contributed by atoms with Crippen LogP contribution in [0.1, 0.15) is 67.9 Å². The molecule has 6 aliphatic rings. The van der Waals surface area contributed by atoms with Crippen LogP contribution in [0.15, 0.2) is 6.20 Å². The number of nitrogens with zero attached hydrogens (tertiary/aromatic N) is 3. The van der Waals surface area contributed by atoms with E-state index in [4.69, 9.17) is 9.72 Å². The molecule has 1 aromatic heterocycles. The van der Waals surface area contributed by atoms with Crippen molar-refractivity contribution in [1.82, 2.24) is 15.3 Å². The normalized spacial score (nSPS) is 38.5. The van der Waals surface area contributed by atoms with Gasteiger partial charge >= 0.3 is 0 Å². The molecule has 2 N–H and O–H groups in total. The summed E-state index contributed by atoms with van der Waals surface area (Å²) >= 11 is 0. The molecule has 7 rings (SSSR count). The van der Waals surface area contributed by atoms with E-state index in [-0.39, 0.29) is 17.4 Å². The van der Waals surface area contributed by atoms with Gasteiger partial charge in [-0.1, -0.05) is 6.92 Å². The molecule has 3 unspecified atom stereocenters. The Balaban J connectivity index is 1.25. The van der Waals surface area contributed by atoms with Crippen LogP contribution in [0, 0.1) is 17.8 Å². The standard InChI is InChI=1S/C23H32N4O3/c1-22(2-3-22)19-17(13-24-21(26-19)27-4-6-30-7-5-27)20(28)25-18-15-8-14-9-16(18)12-23(29,10-14)11-15/h13-16,18,29H,2-12H2,1H3,(H,25,28)/t14?,15-,16+,18?,23?. The van der Waals surface area contributed by atoms with Gasteiger partial charge in [-0.25, -0.2) is 9.97 Å². The number of carbonyl (C=O) groups is 1. The van der Waals surface area contributed by atoms with Gasteiger partial charge in [-0.2, -0.15) is 0 Å². The second-order valence-corrected chi connectivity index (χ2v) is 10.8. The molecule has 30 heavy (non-hydrogen) atoms. The van der Waals surface area contributed by atoms with Crippen LogP contribution >= 0.6 is 0 Å². The average Bonchev–Trinajstić information content (AvgIpc) is 3.48. The van der Waals surface area contributed by atoms with Crippen LogP contribution in [0.25, 0.3) is 0 Å². The Hall–Kier alpha value is -1.73. The van der Waals surface area contributed by atoms with Crippen molar-refractivity contribution >= 4 is 11.9 Å². The van der Waals surface area contributed by atoms with E-state index in [0.29, 0.717) is 36.5 Å². The fraction of sp³-hybridized carbons (Fsp3) is 0.783. The van der Waals surface area contributed by atoms with Gasteiger partial charge in [0.25, 0.3) is 5.91 Å². The number of nitrogens with one attached hydrogen (secondary N) is 1. The third-order valence-corrected chi connectivity index (χ3v) is 8.42. The number of morpholine rings is 1. The second kappa shape index (κ2) is 6.63. The zero-order valence-corrected chi connectivity index (χ0v) is 17.8. The lowest BCUT2D eigenvalue weighted by atomic mass is 9.52. The number of aromatic nitrogens is 2. The van der Waals surface area contributed by atoms with Gasteiger partial charge < -0.3 is 20.1 Å². The zero-order chi connectivity index (χ0) is 20.5. The minimum Gasteiger partial charge on any atom is -0.390 e. The monoisotopic (exact) mass is 412 g/mol. The van der Waals surface area contributed by atoms with Gasteiger partial charge in [0.15, 0.2) is 0 Å². The van der Waals surface area contributed by atoms with Gasteiger partial charge in [0.1, 0.15) is 0 Å². The number of amides is 1. The number of rotatable bonds is 4. The highest BCUT2D eigenvalue weighted by Crippen LogP contribution is 2.55. The molecule has 1 amide bonds. The minimum absolute atomic E-state index is 0.0180. The lowest BCUT2D eigenvalue weighted by molar-refractivity contribution is -0.136. The van der Waals surface area contributed by atoms with Crippen molar-refractivity contribution in [3.63, 3.8) is 0 Å². The van der Waals surface area contributed by atoms with E-state index in [9.17, 15) is 9.90 Å². The maximum Gasteiger partial charge on any atom is 0.254 e. The quantitative estimate of drug-likeness (QED) is 0.787. The van der Waals surface area contributed by atoms with E-state index in [2.05, 4.69) is 22.1 Å². The largest absolute Gasteiger partial charge is 0.390 e. The van der Waals surface area contributed by atoms with Crippen LogP contribution in [0.3, 0.4) is 0 Å². The van der Waals surface area contributed by atoms with Crippen LogP contribution < -0.4 is 10.2 Å². The van der Waals surface area contributed by atoms with Crippen LogP contribution in [-0.4, -0.2) is 58.9 Å². The number of ether oxygens (including phenoxy) is 1. The number of hydrogen-bond donors (Lipinski definition) is 2. The molecule has 2 heterocycles. The van der Waals surface area contributed by atoms with Crippen LogP contribution in [-0.2, 0) is 10.2 Å². The summed E-state index contributed by atoms with van der Waals surface area (Å²) < 4.78 is 5.45. The molecule has 7 nitrogen and oxygen atoms in total. The van der Waals surface area contributed by atoms with Gasteiger partial charge in [0.2, 0.25) is 5.95 Å². The summed E-state index contributed by atoms with van der Waals surface area (Å²) in [5.41, 5.74) is 1.04. The van der Waals surface area contributed by atoms with Gasteiger partial charge in [-0.3, -0.25) is 4.79 Å². The molecule has 162 valence electrons. The topological polar surface area (TPSA) is 87.6 Å². The van der Waals surface area contributed by atoms with Crippen LogP contribution in [0.2, 0.25) is 0 Å². The van der Waals surface area contributed by atoms with Crippen LogP contribution in [0.5, 0.6) is 0 Å². The first-order valence-electron chi connectivity index (χ1n) is 11.7. The summed E-state index contributed by atoms with van der Waals surface area (Å²) in [5, 5.41) is 14.2. The number of hydrogen-bond acceptors (Lipinski definition) is 6. The van der Waals surface area contributed by atoms with Crippen molar-refractivity contribution in [2.24, 2.45) is 17.8 Å². The molecule has 0 radical (unpaired) electrons. The zero-order valence-electron chi connectivity index (χ0n) is 17.8. The SMILES string of the molecule is CC1(c2nc(N3CCOCC3)ncc2C(=O)NC2[C@@H]3CC4C[C@H]2CC(O)(C4)C3)CC1. The molecular formula is C23H32N4O3. The van der Waals surface area contributed by atoms with E-state index in [1.165, 1.54) is 0 Å². The summed E-state index contributed by atoms with van der Waals surface area (Å²) in [5.74, 6) is 2.13. The number of aliphatic hydroxyl groups is 1. The third-order valence-electron chi connectivity index (χ3n) is 8.42. The van der Waals surface area contributed by atoms with Crippen LogP contribution in [0.4, 0.5) is 5.95 Å². The fourth-order valence-corrected chi connectivity index (χ4v) is 6.78. The summed E-state index contributed by atoms with van der Waals surface area (Å²) in [6.07, 6.45) is 8.79. The first-order valence-corrected chi connectivity index (χ1v) is 11.7. The van der Waals surface area contributed by atoms with Crippen molar-refractivity contribution < 1.29 is 14.6 Å². The summed E-state index contributed by atoms with van der Waals surface area (Å²) in [7, 11) is 0. The molecule has 0 aromatic carbocycles. The van der Waals surface area contributed by atoms with E-state index < -0.39 is 5.60 Å². The molecule has 1 saturated heterocycles. The van der Waals surface area contributed by atoms with E-state index >= 15 is 0 Å². The maximum atomic E-state index is 13.4. The molecule has 6 fully saturated rings. The Morgan fingerprint density at radius 3 is 2.53 bits per heavy atom. The lowest BCUT2D eigenvalue weighted by Crippen LogP contribution is -2.61. The predicted molar refractivity (Wildman–Crippen MR) is 111 cm³/mol. The van der Waals surface area contributed by atoms with E-state index in [1.54, 1.807) is 6.20 Å². The van der Waals surface area contributed by atoms with Crippen molar-refractivity contribution in [2.75, 3.05) is 31.2 Å². The molecule has 5 atom stereocenters.